The first kappa shape index (κ1) is 39.9. The summed E-state index contributed by atoms with van der Waals surface area (Å²) >= 11 is 0. The standard InChI is InChI=1S/C47H55N8O4/c1-30(2)23-41(56)54-21-11-19-39(54)43-48-26-37(50-43)32-13-9-15-34(24-32)47(28-53(29-47)36-17-7-6-8-18-36)35-16-10-14-33(25-35)38-27-49-44(51-38)40-20-12-22-55(40)45(57)42(31(3)4)52-46(58)59-5/h6-10,13-18,23-27,30-31,39-40,42H,11-12,19-22,28-29H2,1-5H3,(H,48,50)(H,49,51)(H,52,58)/t39-,40-,42-/m0/s1. The average Bonchev–Trinajstić information content (AvgIpc) is 4.06. The monoisotopic (exact) mass is 795 g/mol. The Morgan fingerprint density at radius 3 is 1.88 bits per heavy atom. The number of imidazole rings is 2. The van der Waals surface area contributed by atoms with Crippen LogP contribution in [0, 0.1) is 18.3 Å². The van der Waals surface area contributed by atoms with Gasteiger partial charge in [0.15, 0.2) is 0 Å². The van der Waals surface area contributed by atoms with Crippen LogP contribution in [0.1, 0.15) is 88.2 Å². The maximum absolute atomic E-state index is 13.8. The molecule has 3 aromatic carbocycles. The zero-order valence-corrected chi connectivity index (χ0v) is 34.7. The second kappa shape index (κ2) is 16.8. The van der Waals surface area contributed by atoms with Gasteiger partial charge in [-0.05, 0) is 84.0 Å². The fraction of sp³-hybridized carbons (Fsp3) is 0.404. The number of carbonyl (C=O) groups is 3. The van der Waals surface area contributed by atoms with Crippen molar-refractivity contribution in [2.24, 2.45) is 11.8 Å². The van der Waals surface area contributed by atoms with Gasteiger partial charge in [-0.2, -0.15) is 0 Å². The van der Waals surface area contributed by atoms with Crippen LogP contribution in [-0.4, -0.2) is 87.0 Å². The highest BCUT2D eigenvalue weighted by Crippen LogP contribution is 2.45. The lowest BCUT2D eigenvalue weighted by atomic mass is 9.67. The predicted molar refractivity (Wildman–Crippen MR) is 228 cm³/mol. The predicted octanol–water partition coefficient (Wildman–Crippen LogP) is 7.84. The molecule has 0 unspecified atom stereocenters. The number of methoxy groups -OCH3 is 1. The molecule has 59 heavy (non-hydrogen) atoms. The van der Waals surface area contributed by atoms with Crippen molar-refractivity contribution in [1.29, 1.82) is 0 Å². The van der Waals surface area contributed by atoms with Crippen LogP contribution < -0.4 is 10.2 Å². The van der Waals surface area contributed by atoms with E-state index in [1.54, 1.807) is 6.42 Å². The lowest BCUT2D eigenvalue weighted by molar-refractivity contribution is -0.135. The van der Waals surface area contributed by atoms with E-state index in [2.05, 4.69) is 93.0 Å². The maximum Gasteiger partial charge on any atom is 0.407 e. The van der Waals surface area contributed by atoms with Crippen molar-refractivity contribution in [3.05, 3.63) is 120 Å². The van der Waals surface area contributed by atoms with Gasteiger partial charge in [0, 0.05) is 31.9 Å². The first-order valence-corrected chi connectivity index (χ1v) is 21.0. The summed E-state index contributed by atoms with van der Waals surface area (Å²) in [6, 6.07) is 27.1. The smallest absolute Gasteiger partial charge is 0.407 e. The molecular weight excluding hydrogens is 741 g/mol. The molecule has 2 aromatic heterocycles. The molecule has 307 valence electrons. The number of carbonyl (C=O) groups excluding carboxylic acids is 3. The lowest BCUT2D eigenvalue weighted by Crippen LogP contribution is -2.60. The van der Waals surface area contributed by atoms with Crippen LogP contribution >= 0.6 is 0 Å². The minimum absolute atomic E-state index is 0.0599. The van der Waals surface area contributed by atoms with Gasteiger partial charge in [0.1, 0.15) is 17.7 Å². The molecule has 3 amide bonds. The average molecular weight is 796 g/mol. The molecule has 12 nitrogen and oxygen atoms in total. The number of anilines is 1. The van der Waals surface area contributed by atoms with Crippen molar-refractivity contribution >= 4 is 23.6 Å². The summed E-state index contributed by atoms with van der Waals surface area (Å²) in [4.78, 5) is 62.0. The van der Waals surface area contributed by atoms with Crippen LogP contribution in [0.15, 0.2) is 91.3 Å². The summed E-state index contributed by atoms with van der Waals surface area (Å²) in [6.45, 7) is 10.8. The van der Waals surface area contributed by atoms with Crippen LogP contribution in [0.5, 0.6) is 0 Å². The number of aromatic amines is 2. The number of likely N-dealkylation sites (tertiary alicyclic amines) is 2. The summed E-state index contributed by atoms with van der Waals surface area (Å²) in [6.07, 6.45) is 8.42. The largest absolute Gasteiger partial charge is 0.453 e. The normalized spacial score (nSPS) is 19.3. The van der Waals surface area contributed by atoms with E-state index in [9.17, 15) is 14.4 Å². The molecule has 12 heteroatoms. The Balaban J connectivity index is 1.08. The first-order chi connectivity index (χ1) is 28.5. The summed E-state index contributed by atoms with van der Waals surface area (Å²) in [5.74, 6) is 1.59. The number of benzene rings is 3. The molecule has 3 N–H and O–H groups in total. The number of nitrogens with zero attached hydrogens (tertiary/aromatic N) is 5. The second-order valence-electron chi connectivity index (χ2n) is 16.9. The lowest BCUT2D eigenvalue weighted by Gasteiger charge is -2.52. The molecule has 3 aliphatic rings. The third kappa shape index (κ3) is 7.97. The van der Waals surface area contributed by atoms with Crippen LogP contribution in [0.3, 0.4) is 0 Å². The molecule has 3 aliphatic heterocycles. The fourth-order valence-corrected chi connectivity index (χ4v) is 9.12. The summed E-state index contributed by atoms with van der Waals surface area (Å²) in [5, 5.41) is 2.73. The molecule has 0 spiro atoms. The summed E-state index contributed by atoms with van der Waals surface area (Å²) < 4.78 is 4.81. The van der Waals surface area contributed by atoms with E-state index in [-0.39, 0.29) is 41.1 Å². The Hall–Kier alpha value is -5.91. The highest BCUT2D eigenvalue weighted by Gasteiger charge is 2.46. The number of aromatic nitrogens is 4. The van der Waals surface area contributed by atoms with E-state index < -0.39 is 12.1 Å². The minimum atomic E-state index is -0.696. The van der Waals surface area contributed by atoms with Gasteiger partial charge in [0.25, 0.3) is 0 Å². The number of hydrogen-bond acceptors (Lipinski definition) is 7. The Bertz CT molecular complexity index is 2280. The third-order valence-electron chi connectivity index (χ3n) is 12.3. The zero-order valence-electron chi connectivity index (χ0n) is 34.7. The molecular formula is C47H55N8O4. The fourth-order valence-electron chi connectivity index (χ4n) is 9.12. The van der Waals surface area contributed by atoms with E-state index in [1.165, 1.54) is 23.9 Å². The molecule has 3 atom stereocenters. The number of rotatable bonds is 12. The zero-order chi connectivity index (χ0) is 41.3. The van der Waals surface area contributed by atoms with E-state index in [1.807, 2.05) is 56.0 Å². The molecule has 8 rings (SSSR count). The van der Waals surface area contributed by atoms with Crippen molar-refractivity contribution in [3.63, 3.8) is 0 Å². The molecule has 0 saturated carbocycles. The number of nitrogens with one attached hydrogen (secondary N) is 3. The van der Waals surface area contributed by atoms with Crippen molar-refractivity contribution in [3.8, 4) is 22.5 Å². The molecule has 3 saturated heterocycles. The van der Waals surface area contributed by atoms with Crippen molar-refractivity contribution in [1.82, 2.24) is 35.1 Å². The highest BCUT2D eigenvalue weighted by molar-refractivity contribution is 5.87. The van der Waals surface area contributed by atoms with Gasteiger partial charge >= 0.3 is 6.09 Å². The van der Waals surface area contributed by atoms with Crippen LogP contribution in [-0.2, 0) is 19.7 Å². The SMILES string of the molecule is COC(=O)N[C@H](C(=O)N1CCC[C@H]1c1ncc(-c2cccc(C3(c4cccc(-c5cnc([C@@H]6CCCN6C(=O)[CH]C(C)C)[nH]5)c4)CN(c4ccccc4)C3)c2)[nH]1)C(C)C. The molecule has 5 aromatic rings. The second-order valence-corrected chi connectivity index (χ2v) is 16.9. The molecule has 3 fully saturated rings. The first-order valence-electron chi connectivity index (χ1n) is 21.0. The van der Waals surface area contributed by atoms with E-state index in [0.717, 1.165) is 79.5 Å². The molecule has 0 aliphatic carbocycles. The molecule has 5 heterocycles. The van der Waals surface area contributed by atoms with Crippen molar-refractivity contribution < 1.29 is 19.1 Å². The summed E-state index contributed by atoms with van der Waals surface area (Å²) in [5.41, 5.74) is 7.18. The number of hydrogen-bond donors (Lipinski definition) is 3. The highest BCUT2D eigenvalue weighted by atomic mass is 16.5. The van der Waals surface area contributed by atoms with Crippen molar-refractivity contribution in [2.45, 2.75) is 76.9 Å². The van der Waals surface area contributed by atoms with E-state index >= 15 is 0 Å². The number of H-pyrrole nitrogens is 2. The minimum Gasteiger partial charge on any atom is -0.453 e. The Morgan fingerprint density at radius 2 is 1.34 bits per heavy atom. The molecule has 0 bridgehead atoms. The molecule has 1 radical (unpaired) electrons. The number of alkyl carbamates (subject to hydrolysis) is 1. The van der Waals surface area contributed by atoms with Gasteiger partial charge in [0.05, 0.1) is 54.8 Å². The number of para-hydroxylation sites is 1. The number of ether oxygens (including phenoxy) is 1. The van der Waals surface area contributed by atoms with Gasteiger partial charge in [-0.15, -0.1) is 0 Å². The number of amides is 3. The van der Waals surface area contributed by atoms with Gasteiger partial charge in [-0.3, -0.25) is 9.59 Å². The topological polar surface area (TPSA) is 140 Å². The van der Waals surface area contributed by atoms with Crippen molar-refractivity contribution in [2.75, 3.05) is 38.2 Å². The van der Waals surface area contributed by atoms with Crippen LogP contribution in [0.25, 0.3) is 22.5 Å². The Morgan fingerprint density at radius 1 is 0.780 bits per heavy atom. The Labute approximate surface area is 346 Å². The van der Waals surface area contributed by atoms with Crippen LogP contribution in [0.2, 0.25) is 0 Å². The summed E-state index contributed by atoms with van der Waals surface area (Å²) in [7, 11) is 1.30. The quantitative estimate of drug-likeness (QED) is 0.117. The van der Waals surface area contributed by atoms with Crippen LogP contribution in [0.4, 0.5) is 10.5 Å². The van der Waals surface area contributed by atoms with Gasteiger partial charge in [-0.1, -0.05) is 82.3 Å². The Kier molecular flexibility index (Phi) is 11.3. The maximum atomic E-state index is 13.8. The van der Waals surface area contributed by atoms with Gasteiger partial charge in [0.2, 0.25) is 11.8 Å². The van der Waals surface area contributed by atoms with Gasteiger partial charge in [-0.25, -0.2) is 14.8 Å². The van der Waals surface area contributed by atoms with Gasteiger partial charge < -0.3 is 34.7 Å². The van der Waals surface area contributed by atoms with E-state index in [4.69, 9.17) is 14.7 Å². The third-order valence-corrected chi connectivity index (χ3v) is 12.3. The van der Waals surface area contributed by atoms with E-state index in [0.29, 0.717) is 6.54 Å².